The van der Waals surface area contributed by atoms with E-state index in [-0.39, 0.29) is 28.7 Å². The molecular weight excluding hydrogens is 368 g/mol. The predicted octanol–water partition coefficient (Wildman–Crippen LogP) is 2.49. The molecule has 0 radical (unpaired) electrons. The van der Waals surface area contributed by atoms with Gasteiger partial charge in [-0.2, -0.15) is 0 Å². The van der Waals surface area contributed by atoms with Crippen molar-refractivity contribution in [2.24, 2.45) is 17.6 Å². The van der Waals surface area contributed by atoms with Crippen LogP contribution in [-0.2, 0) is 0 Å². The summed E-state index contributed by atoms with van der Waals surface area (Å²) in [7, 11) is 0. The number of aromatic carboxylic acids is 1. The summed E-state index contributed by atoms with van der Waals surface area (Å²) in [5, 5.41) is 9.10. The van der Waals surface area contributed by atoms with Gasteiger partial charge in [-0.05, 0) is 43.6 Å². The average Bonchev–Trinajstić information content (AvgIpc) is 3.30. The summed E-state index contributed by atoms with van der Waals surface area (Å²) in [6.07, 6.45) is 4.45. The number of fused-ring (bicyclic) bond motifs is 2. The zero-order valence-electron chi connectivity index (χ0n) is 15.2. The molecule has 1 unspecified atom stereocenters. The zero-order valence-corrected chi connectivity index (χ0v) is 15.2. The minimum atomic E-state index is -1.39. The van der Waals surface area contributed by atoms with Crippen molar-refractivity contribution in [2.45, 2.75) is 37.8 Å². The summed E-state index contributed by atoms with van der Waals surface area (Å²) >= 11 is 0. The lowest BCUT2D eigenvalue weighted by atomic mass is 10.0. The van der Waals surface area contributed by atoms with Crippen molar-refractivity contribution in [1.82, 2.24) is 4.57 Å². The van der Waals surface area contributed by atoms with Gasteiger partial charge in [0.25, 0.3) is 0 Å². The summed E-state index contributed by atoms with van der Waals surface area (Å²) in [6.45, 7) is 1.08. The molecule has 3 atom stereocenters. The average molecular weight is 389 g/mol. The second-order valence-corrected chi connectivity index (χ2v) is 8.39. The molecule has 3 aliphatic rings. The van der Waals surface area contributed by atoms with Gasteiger partial charge in [-0.1, -0.05) is 0 Å². The Morgan fingerprint density at radius 3 is 2.39 bits per heavy atom. The van der Waals surface area contributed by atoms with E-state index >= 15 is 4.39 Å². The van der Waals surface area contributed by atoms with Gasteiger partial charge in [-0.15, -0.1) is 0 Å². The Hall–Kier alpha value is -2.48. The largest absolute Gasteiger partial charge is 0.477 e. The Morgan fingerprint density at radius 2 is 1.82 bits per heavy atom. The Bertz CT molecular complexity index is 1050. The molecule has 2 aromatic rings. The molecule has 1 saturated heterocycles. The molecule has 0 spiro atoms. The van der Waals surface area contributed by atoms with Crippen molar-refractivity contribution in [3.05, 3.63) is 39.7 Å². The minimum absolute atomic E-state index is 0.00246. The standard InChI is InChI=1S/C20H21F2N3O3/c21-15-5-13-17(25(12-1-2-12)8-14(19(13)26)20(27)28)16(22)18(15)24-6-9-3-11(23)4-10(9)7-24/h5,8-12H,1-4,6-7,23H2,(H,27,28)/t9-,10+,11?. The van der Waals surface area contributed by atoms with Crippen molar-refractivity contribution in [1.29, 1.82) is 0 Å². The number of hydrogen-bond donors (Lipinski definition) is 2. The summed E-state index contributed by atoms with van der Waals surface area (Å²) in [5.74, 6) is -2.35. The van der Waals surface area contributed by atoms with Crippen LogP contribution in [0.3, 0.4) is 0 Å². The number of nitrogens with zero attached hydrogens (tertiary/aromatic N) is 2. The van der Waals surface area contributed by atoms with Crippen molar-refractivity contribution in [3.63, 3.8) is 0 Å². The van der Waals surface area contributed by atoms with E-state index < -0.39 is 28.6 Å². The summed E-state index contributed by atoms with van der Waals surface area (Å²) < 4.78 is 32.0. The number of hydrogen-bond acceptors (Lipinski definition) is 4. The van der Waals surface area contributed by atoms with E-state index in [2.05, 4.69) is 0 Å². The molecule has 1 aromatic carbocycles. The molecule has 3 fully saturated rings. The Labute approximate surface area is 159 Å². The molecule has 2 saturated carbocycles. The third kappa shape index (κ3) is 2.54. The van der Waals surface area contributed by atoms with Crippen molar-refractivity contribution in [3.8, 4) is 0 Å². The minimum Gasteiger partial charge on any atom is -0.477 e. The first-order valence-corrected chi connectivity index (χ1v) is 9.65. The van der Waals surface area contributed by atoms with E-state index in [4.69, 9.17) is 5.73 Å². The van der Waals surface area contributed by atoms with Gasteiger partial charge in [0.05, 0.1) is 10.9 Å². The SMILES string of the molecule is NC1C[C@@H]2CN(c3c(F)cc4c(=O)c(C(=O)O)cn(C5CC5)c4c3F)C[C@@H]2C1. The lowest BCUT2D eigenvalue weighted by Crippen LogP contribution is -2.27. The van der Waals surface area contributed by atoms with Crippen LogP contribution in [-0.4, -0.2) is 34.8 Å². The molecule has 5 rings (SSSR count). The second-order valence-electron chi connectivity index (χ2n) is 8.39. The van der Waals surface area contributed by atoms with Crippen LogP contribution in [0.5, 0.6) is 0 Å². The zero-order chi connectivity index (χ0) is 19.7. The molecule has 1 aromatic heterocycles. The van der Waals surface area contributed by atoms with Gasteiger partial charge in [0.1, 0.15) is 17.1 Å². The Morgan fingerprint density at radius 1 is 1.18 bits per heavy atom. The molecule has 148 valence electrons. The van der Waals surface area contributed by atoms with Gasteiger partial charge in [0.15, 0.2) is 5.82 Å². The first-order chi connectivity index (χ1) is 13.3. The number of pyridine rings is 1. The molecule has 28 heavy (non-hydrogen) atoms. The second kappa shape index (κ2) is 6.01. The fraction of sp³-hybridized carbons (Fsp3) is 0.500. The van der Waals surface area contributed by atoms with Crippen LogP contribution in [0.25, 0.3) is 10.9 Å². The molecule has 2 heterocycles. The van der Waals surface area contributed by atoms with Gasteiger partial charge in [-0.3, -0.25) is 4.79 Å². The quantitative estimate of drug-likeness (QED) is 0.842. The maximum absolute atomic E-state index is 15.6. The number of halogens is 2. The number of carboxylic acids is 1. The van der Waals surface area contributed by atoms with Crippen LogP contribution in [0.1, 0.15) is 42.1 Å². The molecular formula is C20H21F2N3O3. The van der Waals surface area contributed by atoms with E-state index in [0.29, 0.717) is 24.9 Å². The number of anilines is 1. The highest BCUT2D eigenvalue weighted by molar-refractivity contribution is 5.94. The normalized spacial score (nSPS) is 26.8. The number of carbonyl (C=O) groups is 1. The fourth-order valence-electron chi connectivity index (χ4n) is 5.04. The first kappa shape index (κ1) is 17.6. The monoisotopic (exact) mass is 389 g/mol. The van der Waals surface area contributed by atoms with Gasteiger partial charge in [0.2, 0.25) is 5.43 Å². The van der Waals surface area contributed by atoms with Crippen LogP contribution in [0, 0.1) is 23.5 Å². The van der Waals surface area contributed by atoms with Gasteiger partial charge in [0, 0.05) is 31.4 Å². The van der Waals surface area contributed by atoms with E-state index in [0.717, 1.165) is 31.7 Å². The Kier molecular flexibility index (Phi) is 3.78. The number of aromatic nitrogens is 1. The maximum Gasteiger partial charge on any atom is 0.341 e. The van der Waals surface area contributed by atoms with Crippen LogP contribution < -0.4 is 16.1 Å². The van der Waals surface area contributed by atoms with Crippen molar-refractivity contribution >= 4 is 22.6 Å². The molecule has 3 N–H and O–H groups in total. The van der Waals surface area contributed by atoms with Crippen LogP contribution in [0.15, 0.2) is 17.1 Å². The van der Waals surface area contributed by atoms with E-state index in [1.165, 1.54) is 10.8 Å². The van der Waals surface area contributed by atoms with Gasteiger partial charge >= 0.3 is 5.97 Å². The highest BCUT2D eigenvalue weighted by atomic mass is 19.1. The number of benzene rings is 1. The van der Waals surface area contributed by atoms with Crippen LogP contribution in [0.4, 0.5) is 14.5 Å². The number of carboxylic acid groups (broad SMARTS) is 1. The smallest absolute Gasteiger partial charge is 0.341 e. The van der Waals surface area contributed by atoms with Gasteiger partial charge < -0.3 is 20.3 Å². The fourth-order valence-corrected chi connectivity index (χ4v) is 5.04. The highest BCUT2D eigenvalue weighted by Crippen LogP contribution is 2.43. The summed E-state index contributed by atoms with van der Waals surface area (Å²) in [6, 6.07) is 1.09. The molecule has 0 amide bonds. The summed E-state index contributed by atoms with van der Waals surface area (Å²) in [4.78, 5) is 25.7. The number of rotatable bonds is 3. The molecule has 8 heteroatoms. The highest BCUT2D eigenvalue weighted by Gasteiger charge is 2.41. The first-order valence-electron chi connectivity index (χ1n) is 9.65. The van der Waals surface area contributed by atoms with Crippen molar-refractivity contribution < 1.29 is 18.7 Å². The van der Waals surface area contributed by atoms with E-state index in [9.17, 15) is 19.1 Å². The topological polar surface area (TPSA) is 88.6 Å². The third-order valence-corrected chi connectivity index (χ3v) is 6.46. The summed E-state index contributed by atoms with van der Waals surface area (Å²) in [5.41, 5.74) is 4.57. The third-order valence-electron chi connectivity index (χ3n) is 6.46. The maximum atomic E-state index is 15.6. The van der Waals surface area contributed by atoms with Crippen LogP contribution in [0.2, 0.25) is 0 Å². The molecule has 6 nitrogen and oxygen atoms in total. The lowest BCUT2D eigenvalue weighted by Gasteiger charge is -2.23. The number of nitrogens with two attached hydrogens (primary N) is 1. The van der Waals surface area contributed by atoms with Crippen LogP contribution >= 0.6 is 0 Å². The van der Waals surface area contributed by atoms with Gasteiger partial charge in [-0.25, -0.2) is 13.6 Å². The predicted molar refractivity (Wildman–Crippen MR) is 99.8 cm³/mol. The molecule has 1 aliphatic heterocycles. The molecule has 2 aliphatic carbocycles. The lowest BCUT2D eigenvalue weighted by molar-refractivity contribution is 0.0695. The van der Waals surface area contributed by atoms with Crippen molar-refractivity contribution in [2.75, 3.05) is 18.0 Å². The molecule has 0 bridgehead atoms. The van der Waals surface area contributed by atoms with E-state index in [1.807, 2.05) is 0 Å². The van der Waals surface area contributed by atoms with E-state index in [1.54, 1.807) is 4.90 Å². The Balaban J connectivity index is 1.68.